The number of carbonyl (C=O) groups excluding carboxylic acids is 1. The van der Waals surface area contributed by atoms with Gasteiger partial charge < -0.3 is 9.40 Å². The van der Waals surface area contributed by atoms with Crippen LogP contribution in [0.2, 0.25) is 0 Å². The molecule has 25 heavy (non-hydrogen) atoms. The van der Waals surface area contributed by atoms with Crippen LogP contribution in [0.1, 0.15) is 27.5 Å². The molecule has 2 aromatic heterocycles. The van der Waals surface area contributed by atoms with Gasteiger partial charge in [-0.15, -0.1) is 10.2 Å². The largest absolute Gasteiger partial charge is 0.416 e. The minimum atomic E-state index is -0.563. The predicted octanol–water partition coefficient (Wildman–Crippen LogP) is 1.32. The number of hydrogen-bond acceptors (Lipinski definition) is 7. The van der Waals surface area contributed by atoms with Crippen molar-refractivity contribution in [1.82, 2.24) is 20.2 Å². The number of rotatable bonds is 6. The molecule has 0 saturated carbocycles. The van der Waals surface area contributed by atoms with Crippen molar-refractivity contribution < 1.29 is 9.21 Å². The lowest BCUT2D eigenvalue weighted by Gasteiger charge is -2.00. The Morgan fingerprint density at radius 3 is 2.64 bits per heavy atom. The highest BCUT2D eigenvalue weighted by molar-refractivity contribution is 7.99. The fourth-order valence-electron chi connectivity index (χ4n) is 2.19. The molecule has 0 aliphatic heterocycles. The standard InChI is InChI=1S/C16H14N4O4S/c1-9-11(14(22)18-15(23)17-9)7-13-19-20-16(24-13)25-8-12(21)10-5-3-2-4-6-10/h2-6H,7-8H2,1H3,(H2,17,18,22,23). The smallest absolute Gasteiger partial charge is 0.325 e. The molecular formula is C16H14N4O4S. The second-order valence-corrected chi connectivity index (χ2v) is 6.15. The number of aryl methyl sites for hydroxylation is 1. The molecule has 8 nitrogen and oxygen atoms in total. The van der Waals surface area contributed by atoms with E-state index in [2.05, 4.69) is 20.2 Å². The van der Waals surface area contributed by atoms with Crippen LogP contribution in [-0.4, -0.2) is 31.7 Å². The molecule has 0 atom stereocenters. The molecule has 0 spiro atoms. The van der Waals surface area contributed by atoms with E-state index in [4.69, 9.17) is 4.42 Å². The summed E-state index contributed by atoms with van der Waals surface area (Å²) in [6.45, 7) is 1.62. The number of thioether (sulfide) groups is 1. The van der Waals surface area contributed by atoms with E-state index >= 15 is 0 Å². The van der Waals surface area contributed by atoms with Gasteiger partial charge in [0.25, 0.3) is 10.8 Å². The molecule has 0 radical (unpaired) electrons. The molecule has 0 bridgehead atoms. The van der Waals surface area contributed by atoms with E-state index in [-0.39, 0.29) is 29.1 Å². The Kier molecular flexibility index (Phi) is 4.94. The summed E-state index contributed by atoms with van der Waals surface area (Å²) in [5.74, 6) is 0.359. The summed E-state index contributed by atoms with van der Waals surface area (Å²) in [6, 6.07) is 8.93. The number of H-pyrrole nitrogens is 2. The highest BCUT2D eigenvalue weighted by Crippen LogP contribution is 2.19. The van der Waals surface area contributed by atoms with Crippen molar-refractivity contribution in [3.05, 3.63) is 73.9 Å². The van der Waals surface area contributed by atoms with Crippen molar-refractivity contribution in [3.63, 3.8) is 0 Å². The average Bonchev–Trinajstić information content (AvgIpc) is 3.04. The Balaban J connectivity index is 1.66. The maximum atomic E-state index is 12.0. The monoisotopic (exact) mass is 358 g/mol. The Hall–Kier alpha value is -2.94. The normalized spacial score (nSPS) is 10.8. The van der Waals surface area contributed by atoms with E-state index in [1.165, 1.54) is 0 Å². The number of ketones is 1. The Morgan fingerprint density at radius 1 is 1.16 bits per heavy atom. The summed E-state index contributed by atoms with van der Waals surface area (Å²) in [4.78, 5) is 39.7. The molecule has 0 unspecified atom stereocenters. The molecule has 3 rings (SSSR count). The fraction of sp³-hybridized carbons (Fsp3) is 0.188. The van der Waals surface area contributed by atoms with Gasteiger partial charge in [0.1, 0.15) is 0 Å². The van der Waals surface area contributed by atoms with Gasteiger partial charge >= 0.3 is 5.69 Å². The van der Waals surface area contributed by atoms with Gasteiger partial charge in [0.05, 0.1) is 12.2 Å². The minimum absolute atomic E-state index is 0.0433. The summed E-state index contributed by atoms with van der Waals surface area (Å²) in [5.41, 5.74) is 0.353. The van der Waals surface area contributed by atoms with E-state index in [1.54, 1.807) is 31.2 Å². The van der Waals surface area contributed by atoms with Crippen LogP contribution in [0.5, 0.6) is 0 Å². The van der Waals surface area contributed by atoms with Crippen molar-refractivity contribution >= 4 is 17.5 Å². The van der Waals surface area contributed by atoms with E-state index < -0.39 is 11.2 Å². The topological polar surface area (TPSA) is 122 Å². The lowest BCUT2D eigenvalue weighted by molar-refractivity contribution is 0.102. The highest BCUT2D eigenvalue weighted by atomic mass is 32.2. The van der Waals surface area contributed by atoms with Crippen LogP contribution in [0.15, 0.2) is 49.6 Å². The summed E-state index contributed by atoms with van der Waals surface area (Å²) in [6.07, 6.45) is 0.0954. The zero-order chi connectivity index (χ0) is 17.8. The number of aromatic amines is 2. The second kappa shape index (κ2) is 7.31. The van der Waals surface area contributed by atoms with Crippen LogP contribution in [0.4, 0.5) is 0 Å². The molecule has 0 amide bonds. The minimum Gasteiger partial charge on any atom is -0.416 e. The van der Waals surface area contributed by atoms with Crippen LogP contribution >= 0.6 is 11.8 Å². The van der Waals surface area contributed by atoms with Gasteiger partial charge in [-0.25, -0.2) is 4.79 Å². The molecule has 2 heterocycles. The fourth-order valence-corrected chi connectivity index (χ4v) is 2.87. The molecule has 128 valence electrons. The Labute approximate surface area is 145 Å². The van der Waals surface area contributed by atoms with Gasteiger partial charge in [0, 0.05) is 16.8 Å². The Bertz CT molecular complexity index is 1010. The zero-order valence-electron chi connectivity index (χ0n) is 13.2. The zero-order valence-corrected chi connectivity index (χ0v) is 14.1. The lowest BCUT2D eigenvalue weighted by atomic mass is 10.2. The number of hydrogen-bond donors (Lipinski definition) is 2. The van der Waals surface area contributed by atoms with Crippen LogP contribution in [-0.2, 0) is 6.42 Å². The van der Waals surface area contributed by atoms with Gasteiger partial charge in [-0.3, -0.25) is 14.6 Å². The van der Waals surface area contributed by atoms with Crippen LogP contribution in [0, 0.1) is 6.92 Å². The number of Topliss-reactive ketones (excluding diaryl/α,β-unsaturated/α-hetero) is 1. The summed E-state index contributed by atoms with van der Waals surface area (Å²) in [5, 5.41) is 7.99. The molecule has 2 N–H and O–H groups in total. The molecule has 0 aliphatic rings. The second-order valence-electron chi connectivity index (χ2n) is 5.23. The first-order chi connectivity index (χ1) is 12.0. The van der Waals surface area contributed by atoms with Crippen LogP contribution in [0.25, 0.3) is 0 Å². The van der Waals surface area contributed by atoms with Crippen molar-refractivity contribution in [2.45, 2.75) is 18.6 Å². The van der Waals surface area contributed by atoms with E-state index in [1.807, 2.05) is 6.07 Å². The lowest BCUT2D eigenvalue weighted by Crippen LogP contribution is -2.27. The molecule has 0 fully saturated rings. The molecule has 0 saturated heterocycles. The van der Waals surface area contributed by atoms with Crippen molar-refractivity contribution in [2.75, 3.05) is 5.75 Å². The molecule has 0 aliphatic carbocycles. The number of nitrogens with zero attached hydrogens (tertiary/aromatic N) is 2. The first-order valence-electron chi connectivity index (χ1n) is 7.38. The van der Waals surface area contributed by atoms with Gasteiger partial charge in [0.2, 0.25) is 5.89 Å². The molecule has 3 aromatic rings. The third-order valence-corrected chi connectivity index (χ3v) is 4.27. The summed E-state index contributed by atoms with van der Waals surface area (Å²) >= 11 is 1.13. The number of aromatic nitrogens is 4. The molecular weight excluding hydrogens is 344 g/mol. The van der Waals surface area contributed by atoms with Gasteiger partial charge in [-0.1, -0.05) is 42.1 Å². The first kappa shape index (κ1) is 16.9. The maximum absolute atomic E-state index is 12.0. The third kappa shape index (κ3) is 4.13. The van der Waals surface area contributed by atoms with Gasteiger partial charge in [-0.2, -0.15) is 0 Å². The average molecular weight is 358 g/mol. The highest BCUT2D eigenvalue weighted by Gasteiger charge is 2.14. The third-order valence-electron chi connectivity index (χ3n) is 3.45. The first-order valence-corrected chi connectivity index (χ1v) is 8.37. The Morgan fingerprint density at radius 2 is 1.92 bits per heavy atom. The summed E-state index contributed by atoms with van der Waals surface area (Å²) < 4.78 is 5.46. The van der Waals surface area contributed by atoms with Crippen molar-refractivity contribution in [1.29, 1.82) is 0 Å². The maximum Gasteiger partial charge on any atom is 0.325 e. The summed E-state index contributed by atoms with van der Waals surface area (Å²) in [7, 11) is 0. The quantitative estimate of drug-likeness (QED) is 0.503. The van der Waals surface area contributed by atoms with Crippen LogP contribution < -0.4 is 11.2 Å². The van der Waals surface area contributed by atoms with Crippen LogP contribution in [0.3, 0.4) is 0 Å². The number of carbonyl (C=O) groups is 1. The van der Waals surface area contributed by atoms with Crippen molar-refractivity contribution in [3.8, 4) is 0 Å². The SMILES string of the molecule is Cc1[nH]c(=O)[nH]c(=O)c1Cc1nnc(SCC(=O)c2ccccc2)o1. The number of nitrogens with one attached hydrogen (secondary N) is 2. The van der Waals surface area contributed by atoms with E-state index in [0.29, 0.717) is 16.8 Å². The van der Waals surface area contributed by atoms with E-state index in [9.17, 15) is 14.4 Å². The van der Waals surface area contributed by atoms with E-state index in [0.717, 1.165) is 11.8 Å². The van der Waals surface area contributed by atoms with Crippen molar-refractivity contribution in [2.24, 2.45) is 0 Å². The predicted molar refractivity (Wildman–Crippen MR) is 91.0 cm³/mol. The molecule has 9 heteroatoms. The van der Waals surface area contributed by atoms with Gasteiger partial charge in [0.15, 0.2) is 5.78 Å². The van der Waals surface area contributed by atoms with Gasteiger partial charge in [-0.05, 0) is 6.92 Å². The number of benzene rings is 1. The molecule has 1 aromatic carbocycles.